The number of ether oxygens (including phenoxy) is 1. The highest BCUT2D eigenvalue weighted by Gasteiger charge is 2.11. The highest BCUT2D eigenvalue weighted by Crippen LogP contribution is 2.25. The van der Waals surface area contributed by atoms with E-state index >= 15 is 0 Å². The minimum absolute atomic E-state index is 0.190. The number of carbonyl (C=O) groups is 1. The fourth-order valence-electron chi connectivity index (χ4n) is 2.51. The number of benzene rings is 2. The zero-order valence-electron chi connectivity index (χ0n) is 13.0. The minimum Gasteiger partial charge on any atom is -0.488 e. The Morgan fingerprint density at radius 1 is 1.13 bits per heavy atom. The smallest absolute Gasteiger partial charge is 0.336 e. The summed E-state index contributed by atoms with van der Waals surface area (Å²) in [4.78, 5) is 22.9. The summed E-state index contributed by atoms with van der Waals surface area (Å²) in [6, 6.07) is 12.3. The molecule has 3 rings (SSSR count). The summed E-state index contributed by atoms with van der Waals surface area (Å²) in [5.74, 6) is 0.493. The molecule has 0 saturated heterocycles. The number of para-hydroxylation sites is 1. The van der Waals surface area contributed by atoms with Gasteiger partial charge in [-0.1, -0.05) is 24.3 Å². The van der Waals surface area contributed by atoms with E-state index in [1.54, 1.807) is 24.3 Å². The van der Waals surface area contributed by atoms with Crippen molar-refractivity contribution in [1.29, 1.82) is 0 Å². The summed E-state index contributed by atoms with van der Waals surface area (Å²) in [7, 11) is 0. The zero-order chi connectivity index (χ0) is 16.4. The second-order valence-corrected chi connectivity index (χ2v) is 5.42. The van der Waals surface area contributed by atoms with Crippen molar-refractivity contribution in [2.24, 2.45) is 0 Å². The van der Waals surface area contributed by atoms with E-state index in [1.165, 1.54) is 6.07 Å². The first-order chi connectivity index (χ1) is 11.1. The van der Waals surface area contributed by atoms with E-state index in [0.717, 1.165) is 28.4 Å². The molecular formula is C19H16O4. The molecule has 0 bridgehead atoms. The number of hydrogen-bond donors (Lipinski definition) is 0. The van der Waals surface area contributed by atoms with Gasteiger partial charge in [0.15, 0.2) is 6.29 Å². The van der Waals surface area contributed by atoms with Crippen molar-refractivity contribution in [3.05, 3.63) is 75.1 Å². The third kappa shape index (κ3) is 2.88. The molecule has 3 aromatic rings. The molecule has 0 fully saturated rings. The standard InChI is InChI=1S/C19H16O4/c1-12-7-8-16-15(9-18(21)23-19(16)13(12)2)11-22-17-6-4-3-5-14(17)10-20/h3-10H,11H2,1-2H3. The van der Waals surface area contributed by atoms with Crippen LogP contribution in [0.4, 0.5) is 0 Å². The molecule has 4 nitrogen and oxygen atoms in total. The molecule has 1 heterocycles. The van der Waals surface area contributed by atoms with Gasteiger partial charge in [-0.3, -0.25) is 4.79 Å². The first-order valence-electron chi connectivity index (χ1n) is 7.30. The Morgan fingerprint density at radius 3 is 2.70 bits per heavy atom. The van der Waals surface area contributed by atoms with E-state index in [-0.39, 0.29) is 6.61 Å². The van der Waals surface area contributed by atoms with Crippen LogP contribution < -0.4 is 10.4 Å². The maximum Gasteiger partial charge on any atom is 0.336 e. The summed E-state index contributed by atoms with van der Waals surface area (Å²) in [6.45, 7) is 4.08. The molecule has 0 aliphatic carbocycles. The molecule has 0 spiro atoms. The number of fused-ring (bicyclic) bond motifs is 1. The summed E-state index contributed by atoms with van der Waals surface area (Å²) in [5.41, 5.74) is 3.39. The normalized spacial score (nSPS) is 10.7. The average Bonchev–Trinajstić information content (AvgIpc) is 2.56. The van der Waals surface area contributed by atoms with E-state index in [1.807, 2.05) is 26.0 Å². The van der Waals surface area contributed by atoms with Crippen LogP contribution in [0.3, 0.4) is 0 Å². The number of rotatable bonds is 4. The van der Waals surface area contributed by atoms with Gasteiger partial charge >= 0.3 is 5.63 Å². The van der Waals surface area contributed by atoms with E-state index in [0.29, 0.717) is 16.9 Å². The molecule has 0 radical (unpaired) electrons. The Labute approximate surface area is 133 Å². The van der Waals surface area contributed by atoms with Crippen LogP contribution in [-0.4, -0.2) is 6.29 Å². The van der Waals surface area contributed by atoms with Crippen molar-refractivity contribution in [2.75, 3.05) is 0 Å². The van der Waals surface area contributed by atoms with E-state index in [2.05, 4.69) is 0 Å². The molecule has 0 N–H and O–H groups in total. The Kier molecular flexibility index (Phi) is 3.98. The monoisotopic (exact) mass is 308 g/mol. The van der Waals surface area contributed by atoms with Crippen molar-refractivity contribution in [3.8, 4) is 5.75 Å². The molecule has 1 aromatic heterocycles. The van der Waals surface area contributed by atoms with Gasteiger partial charge in [0.2, 0.25) is 0 Å². The van der Waals surface area contributed by atoms with E-state index < -0.39 is 5.63 Å². The Balaban J connectivity index is 2.02. The topological polar surface area (TPSA) is 56.5 Å². The highest BCUT2D eigenvalue weighted by molar-refractivity contribution is 5.84. The Morgan fingerprint density at radius 2 is 1.91 bits per heavy atom. The second kappa shape index (κ2) is 6.08. The van der Waals surface area contributed by atoms with Crippen LogP contribution in [0.2, 0.25) is 0 Å². The molecule has 0 saturated carbocycles. The van der Waals surface area contributed by atoms with Gasteiger partial charge in [-0.15, -0.1) is 0 Å². The van der Waals surface area contributed by atoms with Crippen LogP contribution in [0.25, 0.3) is 11.0 Å². The van der Waals surface area contributed by atoms with Crippen molar-refractivity contribution < 1.29 is 13.9 Å². The predicted octanol–water partition coefficient (Wildman–Crippen LogP) is 3.80. The van der Waals surface area contributed by atoms with Gasteiger partial charge in [-0.2, -0.15) is 0 Å². The van der Waals surface area contributed by atoms with Crippen molar-refractivity contribution in [1.82, 2.24) is 0 Å². The van der Waals surface area contributed by atoms with Gasteiger partial charge in [0.1, 0.15) is 17.9 Å². The fourth-order valence-corrected chi connectivity index (χ4v) is 2.51. The SMILES string of the molecule is Cc1ccc2c(COc3ccccc3C=O)cc(=O)oc2c1C. The lowest BCUT2D eigenvalue weighted by atomic mass is 10.0. The summed E-state index contributed by atoms with van der Waals surface area (Å²) in [5, 5.41) is 0.844. The van der Waals surface area contributed by atoms with Gasteiger partial charge in [0, 0.05) is 17.0 Å². The molecule has 116 valence electrons. The summed E-state index contributed by atoms with van der Waals surface area (Å²) < 4.78 is 11.1. The van der Waals surface area contributed by atoms with Crippen molar-refractivity contribution in [2.45, 2.75) is 20.5 Å². The fraction of sp³-hybridized carbons (Fsp3) is 0.158. The molecule has 0 aliphatic heterocycles. The highest BCUT2D eigenvalue weighted by atomic mass is 16.5. The molecule has 0 amide bonds. The van der Waals surface area contributed by atoms with Gasteiger partial charge in [0.25, 0.3) is 0 Å². The molecule has 23 heavy (non-hydrogen) atoms. The lowest BCUT2D eigenvalue weighted by Gasteiger charge is -2.11. The maximum atomic E-state index is 11.8. The third-order valence-corrected chi connectivity index (χ3v) is 3.95. The van der Waals surface area contributed by atoms with Crippen molar-refractivity contribution >= 4 is 17.3 Å². The summed E-state index contributed by atoms with van der Waals surface area (Å²) >= 11 is 0. The van der Waals surface area contributed by atoms with Crippen LogP contribution in [0, 0.1) is 13.8 Å². The van der Waals surface area contributed by atoms with Crippen molar-refractivity contribution in [3.63, 3.8) is 0 Å². The zero-order valence-corrected chi connectivity index (χ0v) is 13.0. The maximum absolute atomic E-state index is 11.8. The molecule has 0 unspecified atom stereocenters. The molecular weight excluding hydrogens is 292 g/mol. The lowest BCUT2D eigenvalue weighted by molar-refractivity contribution is 0.111. The number of carbonyl (C=O) groups excluding carboxylic acids is 1. The van der Waals surface area contributed by atoms with Gasteiger partial charge in [0.05, 0.1) is 5.56 Å². The van der Waals surface area contributed by atoms with Gasteiger partial charge in [-0.25, -0.2) is 4.79 Å². The third-order valence-electron chi connectivity index (χ3n) is 3.95. The van der Waals surface area contributed by atoms with Crippen LogP contribution in [0.5, 0.6) is 5.75 Å². The summed E-state index contributed by atoms with van der Waals surface area (Å²) in [6.07, 6.45) is 0.750. The van der Waals surface area contributed by atoms with E-state index in [9.17, 15) is 9.59 Å². The first-order valence-corrected chi connectivity index (χ1v) is 7.30. The quantitative estimate of drug-likeness (QED) is 0.543. The Hall–Kier alpha value is -2.88. The minimum atomic E-state index is -0.409. The lowest BCUT2D eigenvalue weighted by Crippen LogP contribution is -2.05. The first kappa shape index (κ1) is 15.0. The molecule has 4 heteroatoms. The average molecular weight is 308 g/mol. The van der Waals surface area contributed by atoms with E-state index in [4.69, 9.17) is 9.15 Å². The second-order valence-electron chi connectivity index (χ2n) is 5.42. The Bertz CT molecular complexity index is 938. The molecule has 2 aromatic carbocycles. The molecule has 0 aliphatic rings. The largest absolute Gasteiger partial charge is 0.488 e. The number of hydrogen-bond acceptors (Lipinski definition) is 4. The van der Waals surface area contributed by atoms with Gasteiger partial charge in [-0.05, 0) is 37.1 Å². The van der Waals surface area contributed by atoms with Gasteiger partial charge < -0.3 is 9.15 Å². The molecule has 0 atom stereocenters. The number of aryl methyl sites for hydroxylation is 2. The van der Waals surface area contributed by atoms with Crippen LogP contribution in [0.15, 0.2) is 51.7 Å². The van der Waals surface area contributed by atoms with Crippen LogP contribution in [-0.2, 0) is 6.61 Å². The van der Waals surface area contributed by atoms with Crippen LogP contribution >= 0.6 is 0 Å². The van der Waals surface area contributed by atoms with Crippen LogP contribution in [0.1, 0.15) is 27.0 Å². The number of aldehydes is 1. The predicted molar refractivity (Wildman–Crippen MR) is 88.1 cm³/mol.